The standard InChI is InChI=1S/C28H27FN3O2P/c1-4-28(16-34-17-28)27-26(18-5-11-22(12-6-18)35(2,3)33)23-14-24-19(15-30-31-24)13-25(23)32(27)21-9-7-20(29)8-10-21/h5-15H,4,16-17H2,1-3H3,(H,30,31). The van der Waals surface area contributed by atoms with Crippen molar-refractivity contribution in [1.29, 1.82) is 0 Å². The van der Waals surface area contributed by atoms with E-state index in [4.69, 9.17) is 4.74 Å². The van der Waals surface area contributed by atoms with Crippen molar-refractivity contribution in [2.45, 2.75) is 18.8 Å². The molecule has 0 radical (unpaired) electrons. The van der Waals surface area contributed by atoms with E-state index in [2.05, 4.69) is 46.0 Å². The molecule has 5 aromatic rings. The van der Waals surface area contributed by atoms with E-state index in [-0.39, 0.29) is 11.2 Å². The van der Waals surface area contributed by atoms with Crippen LogP contribution < -0.4 is 5.30 Å². The molecular weight excluding hydrogens is 460 g/mol. The average Bonchev–Trinajstić information content (AvgIpc) is 3.39. The number of hydrogen-bond acceptors (Lipinski definition) is 3. The fourth-order valence-electron chi connectivity index (χ4n) is 5.22. The fraction of sp³-hybridized carbons (Fsp3) is 0.250. The number of nitrogens with zero attached hydrogens (tertiary/aromatic N) is 2. The van der Waals surface area contributed by atoms with Crippen molar-refractivity contribution in [3.05, 3.63) is 78.4 Å². The van der Waals surface area contributed by atoms with E-state index in [1.165, 1.54) is 12.1 Å². The Labute approximate surface area is 203 Å². The highest BCUT2D eigenvalue weighted by Crippen LogP contribution is 2.48. The molecule has 178 valence electrons. The van der Waals surface area contributed by atoms with Crippen molar-refractivity contribution in [3.8, 4) is 16.8 Å². The highest BCUT2D eigenvalue weighted by Gasteiger charge is 2.44. The lowest BCUT2D eigenvalue weighted by atomic mass is 9.76. The van der Waals surface area contributed by atoms with Crippen LogP contribution in [0.1, 0.15) is 19.0 Å². The van der Waals surface area contributed by atoms with Crippen LogP contribution in [0, 0.1) is 5.82 Å². The predicted octanol–water partition coefficient (Wildman–Crippen LogP) is 6.24. The minimum Gasteiger partial charge on any atom is -0.379 e. The summed E-state index contributed by atoms with van der Waals surface area (Å²) in [5, 5.41) is 10.3. The monoisotopic (exact) mass is 487 g/mol. The second-order valence-electron chi connectivity index (χ2n) is 9.89. The zero-order valence-electron chi connectivity index (χ0n) is 20.0. The van der Waals surface area contributed by atoms with Gasteiger partial charge in [0.15, 0.2) is 0 Å². The maximum absolute atomic E-state index is 13.9. The van der Waals surface area contributed by atoms with Gasteiger partial charge in [0.25, 0.3) is 0 Å². The Balaban J connectivity index is 1.74. The lowest BCUT2D eigenvalue weighted by Gasteiger charge is -2.42. The highest BCUT2D eigenvalue weighted by atomic mass is 31.2. The van der Waals surface area contributed by atoms with E-state index in [1.807, 2.05) is 30.5 Å². The van der Waals surface area contributed by atoms with Crippen molar-refractivity contribution in [2.24, 2.45) is 0 Å². The molecule has 0 bridgehead atoms. The molecule has 7 heteroatoms. The van der Waals surface area contributed by atoms with E-state index >= 15 is 0 Å². The van der Waals surface area contributed by atoms with Crippen LogP contribution >= 0.6 is 7.14 Å². The van der Waals surface area contributed by atoms with E-state index in [0.29, 0.717) is 13.2 Å². The number of halogens is 1. The molecule has 1 fully saturated rings. The summed E-state index contributed by atoms with van der Waals surface area (Å²) in [5.74, 6) is -0.263. The molecular formula is C28H27FN3O2P. The molecule has 3 heterocycles. The summed E-state index contributed by atoms with van der Waals surface area (Å²) < 4.78 is 34.6. The third-order valence-corrected chi connectivity index (χ3v) is 8.87. The van der Waals surface area contributed by atoms with Gasteiger partial charge in [-0.15, -0.1) is 0 Å². The molecule has 0 atom stereocenters. The number of benzene rings is 3. The van der Waals surface area contributed by atoms with Crippen molar-refractivity contribution >= 4 is 34.3 Å². The van der Waals surface area contributed by atoms with Crippen LogP contribution in [0.4, 0.5) is 4.39 Å². The smallest absolute Gasteiger partial charge is 0.123 e. The molecule has 0 spiro atoms. The molecule has 3 aromatic carbocycles. The number of H-pyrrole nitrogens is 1. The van der Waals surface area contributed by atoms with Crippen molar-refractivity contribution in [3.63, 3.8) is 0 Å². The molecule has 1 aliphatic rings. The third kappa shape index (κ3) is 3.47. The van der Waals surface area contributed by atoms with Gasteiger partial charge in [-0.25, -0.2) is 4.39 Å². The van der Waals surface area contributed by atoms with Crippen molar-refractivity contribution < 1.29 is 13.7 Å². The first-order valence-corrected chi connectivity index (χ1v) is 14.4. The van der Waals surface area contributed by atoms with Crippen LogP contribution in [-0.2, 0) is 14.7 Å². The second kappa shape index (κ2) is 7.91. The maximum atomic E-state index is 13.9. The van der Waals surface area contributed by atoms with E-state index in [0.717, 1.165) is 56.0 Å². The zero-order chi connectivity index (χ0) is 24.4. The molecule has 0 unspecified atom stereocenters. The van der Waals surface area contributed by atoms with Gasteiger partial charge < -0.3 is 13.9 Å². The molecule has 2 aromatic heterocycles. The first-order valence-electron chi connectivity index (χ1n) is 11.8. The quantitative estimate of drug-likeness (QED) is 0.299. The molecule has 1 N–H and O–H groups in total. The minimum absolute atomic E-state index is 0.168. The normalized spacial score (nSPS) is 15.5. The summed E-state index contributed by atoms with van der Waals surface area (Å²) in [5.41, 5.74) is 6.08. The van der Waals surface area contributed by atoms with Gasteiger partial charge in [-0.05, 0) is 61.7 Å². The fourth-order valence-corrected chi connectivity index (χ4v) is 6.09. The number of aromatic nitrogens is 3. The van der Waals surface area contributed by atoms with E-state index in [9.17, 15) is 8.96 Å². The van der Waals surface area contributed by atoms with Crippen LogP contribution in [0.5, 0.6) is 0 Å². The molecule has 6 rings (SSSR count). The molecule has 1 saturated heterocycles. The SMILES string of the molecule is CCC1(c2c(-c3ccc(P(C)(C)=O)cc3)c3cc4[nH]ncc4cc3n2-c2ccc(F)cc2)COC1. The second-order valence-corrected chi connectivity index (χ2v) is 13.1. The topological polar surface area (TPSA) is 59.9 Å². The Kier molecular flexibility index (Phi) is 5.03. The average molecular weight is 488 g/mol. The van der Waals surface area contributed by atoms with Gasteiger partial charge >= 0.3 is 0 Å². The lowest BCUT2D eigenvalue weighted by Crippen LogP contribution is -2.47. The lowest BCUT2D eigenvalue weighted by molar-refractivity contribution is -0.0644. The largest absolute Gasteiger partial charge is 0.379 e. The molecule has 0 aliphatic carbocycles. The van der Waals surface area contributed by atoms with E-state index in [1.54, 1.807) is 13.3 Å². The minimum atomic E-state index is -2.37. The molecule has 5 nitrogen and oxygen atoms in total. The summed E-state index contributed by atoms with van der Waals surface area (Å²) in [6.07, 6.45) is 2.74. The Morgan fingerprint density at radius 1 is 1.09 bits per heavy atom. The van der Waals surface area contributed by atoms with Gasteiger partial charge in [0.1, 0.15) is 13.0 Å². The van der Waals surface area contributed by atoms with Gasteiger partial charge in [0.2, 0.25) is 0 Å². The van der Waals surface area contributed by atoms with Crippen LogP contribution in [0.25, 0.3) is 38.6 Å². The Hall–Kier alpha value is -3.21. The third-order valence-electron chi connectivity index (χ3n) is 7.33. The summed E-state index contributed by atoms with van der Waals surface area (Å²) in [6.45, 7) is 7.04. The van der Waals surface area contributed by atoms with Gasteiger partial charge in [-0.1, -0.05) is 31.2 Å². The molecule has 0 amide bonds. The zero-order valence-corrected chi connectivity index (χ0v) is 20.9. The number of aromatic amines is 1. The number of rotatable bonds is 5. The Bertz CT molecular complexity index is 1600. The number of hydrogen-bond donors (Lipinski definition) is 1. The summed E-state index contributed by atoms with van der Waals surface area (Å²) in [7, 11) is -2.37. The van der Waals surface area contributed by atoms with Crippen molar-refractivity contribution in [2.75, 3.05) is 26.5 Å². The predicted molar refractivity (Wildman–Crippen MR) is 140 cm³/mol. The van der Waals surface area contributed by atoms with Gasteiger partial charge in [0, 0.05) is 33.0 Å². The van der Waals surface area contributed by atoms with Gasteiger partial charge in [-0.3, -0.25) is 5.10 Å². The number of fused-ring (bicyclic) bond motifs is 2. The molecule has 35 heavy (non-hydrogen) atoms. The van der Waals surface area contributed by atoms with Gasteiger partial charge in [-0.2, -0.15) is 5.10 Å². The maximum Gasteiger partial charge on any atom is 0.123 e. The molecule has 1 aliphatic heterocycles. The Morgan fingerprint density at radius 3 is 2.40 bits per heavy atom. The highest BCUT2D eigenvalue weighted by molar-refractivity contribution is 7.70. The van der Waals surface area contributed by atoms with Crippen LogP contribution in [0.3, 0.4) is 0 Å². The van der Waals surface area contributed by atoms with Crippen LogP contribution in [0.2, 0.25) is 0 Å². The first kappa shape index (κ1) is 22.3. The summed E-state index contributed by atoms with van der Waals surface area (Å²) in [4.78, 5) is 0. The Morgan fingerprint density at radius 2 is 1.80 bits per heavy atom. The van der Waals surface area contributed by atoms with Crippen LogP contribution in [-0.4, -0.2) is 41.3 Å². The van der Waals surface area contributed by atoms with Crippen LogP contribution in [0.15, 0.2) is 66.9 Å². The summed E-state index contributed by atoms with van der Waals surface area (Å²) in [6, 6.07) is 19.1. The van der Waals surface area contributed by atoms with E-state index < -0.39 is 7.14 Å². The van der Waals surface area contributed by atoms with Crippen molar-refractivity contribution in [1.82, 2.24) is 14.8 Å². The first-order chi connectivity index (χ1) is 16.8. The van der Waals surface area contributed by atoms with Gasteiger partial charge in [0.05, 0.1) is 35.9 Å². The number of ether oxygens (including phenoxy) is 1. The number of nitrogens with one attached hydrogen (secondary N) is 1. The summed E-state index contributed by atoms with van der Waals surface area (Å²) >= 11 is 0. The molecule has 0 saturated carbocycles.